The first-order valence-electron chi connectivity index (χ1n) is 6.49. The molecule has 13 nitrogen and oxygen atoms in total. The molecule has 25 heavy (non-hydrogen) atoms. The summed E-state index contributed by atoms with van der Waals surface area (Å²) in [5.41, 5.74) is 0. The normalized spacial score (nSPS) is 17.6. The number of hydrogen-bond acceptors (Lipinski definition) is 10. The van der Waals surface area contributed by atoms with Crippen molar-refractivity contribution in [2.45, 2.75) is 12.2 Å². The highest BCUT2D eigenvalue weighted by Gasteiger charge is 2.38. The van der Waals surface area contributed by atoms with Crippen molar-refractivity contribution in [1.29, 1.82) is 0 Å². The first-order valence-corrected chi connectivity index (χ1v) is 6.49. The molecule has 142 valence electrons. The van der Waals surface area contributed by atoms with E-state index in [-0.39, 0.29) is 0 Å². The average molecular weight is 367 g/mol. The van der Waals surface area contributed by atoms with Crippen LogP contribution in [-0.2, 0) is 23.9 Å². The van der Waals surface area contributed by atoms with Crippen LogP contribution in [0.5, 0.6) is 0 Å². The number of aliphatic carboxylic acids is 3. The van der Waals surface area contributed by atoms with Crippen LogP contribution in [0.3, 0.4) is 0 Å². The fourth-order valence-electron chi connectivity index (χ4n) is 1.56. The van der Waals surface area contributed by atoms with E-state index in [4.69, 9.17) is 35.7 Å². The number of hydrogen-bond donors (Lipinski definition) is 7. The number of rotatable bonds is 8. The number of aliphatic hydroxyl groups excluding tert-OH is 4. The fraction of sp³-hybridized carbons (Fsp3) is 0.500. The van der Waals surface area contributed by atoms with Gasteiger partial charge in [-0.25, -0.2) is 4.79 Å². The number of carbonyl (C=O) groups excluding carboxylic acids is 1. The minimum Gasteiger partial charge on any atom is -0.505 e. The van der Waals surface area contributed by atoms with Gasteiger partial charge in [0.1, 0.15) is 6.10 Å². The summed E-state index contributed by atoms with van der Waals surface area (Å²) >= 11 is 0. The van der Waals surface area contributed by atoms with Crippen molar-refractivity contribution in [3.63, 3.8) is 0 Å². The predicted molar refractivity (Wildman–Crippen MR) is 74.6 cm³/mol. The SMILES string of the molecule is O=C(O)CN(CC(=O)O)CC(=O)O.O=C1O[C@H](C(O)CO)C(O)=C1O. The maximum absolute atomic E-state index is 10.5. The molecule has 0 saturated carbocycles. The van der Waals surface area contributed by atoms with Gasteiger partial charge in [-0.15, -0.1) is 0 Å². The van der Waals surface area contributed by atoms with Crippen LogP contribution in [-0.4, -0.2) is 103 Å². The zero-order valence-electron chi connectivity index (χ0n) is 12.6. The smallest absolute Gasteiger partial charge is 0.377 e. The van der Waals surface area contributed by atoms with Gasteiger partial charge < -0.3 is 40.5 Å². The largest absolute Gasteiger partial charge is 0.505 e. The Hall–Kier alpha value is -2.90. The lowest BCUT2D eigenvalue weighted by Crippen LogP contribution is -2.38. The van der Waals surface area contributed by atoms with E-state index in [1.165, 1.54) is 0 Å². The number of ether oxygens (including phenoxy) is 1. The van der Waals surface area contributed by atoms with E-state index in [9.17, 15) is 19.2 Å². The number of carbonyl (C=O) groups is 4. The molecule has 1 aliphatic heterocycles. The first-order chi connectivity index (χ1) is 11.5. The molecule has 7 N–H and O–H groups in total. The van der Waals surface area contributed by atoms with Crippen molar-refractivity contribution in [2.24, 2.45) is 0 Å². The Morgan fingerprint density at radius 1 is 1.00 bits per heavy atom. The van der Waals surface area contributed by atoms with Gasteiger partial charge in [0.15, 0.2) is 11.9 Å². The van der Waals surface area contributed by atoms with E-state index >= 15 is 0 Å². The Kier molecular flexibility index (Phi) is 8.90. The Labute approximate surface area is 139 Å². The number of carboxylic acid groups (broad SMARTS) is 3. The van der Waals surface area contributed by atoms with Gasteiger partial charge in [0.05, 0.1) is 26.2 Å². The molecule has 0 amide bonds. The summed E-state index contributed by atoms with van der Waals surface area (Å²) in [5.74, 6) is -6.56. The second kappa shape index (κ2) is 10.1. The molecule has 1 rings (SSSR count). The van der Waals surface area contributed by atoms with Gasteiger partial charge in [-0.05, 0) is 0 Å². The number of aliphatic hydroxyl groups is 4. The van der Waals surface area contributed by atoms with Gasteiger partial charge in [-0.3, -0.25) is 19.3 Å². The Bertz CT molecular complexity index is 518. The van der Waals surface area contributed by atoms with E-state index in [1.54, 1.807) is 0 Å². The molecular weight excluding hydrogens is 350 g/mol. The lowest BCUT2D eigenvalue weighted by molar-refractivity contribution is -0.148. The van der Waals surface area contributed by atoms with Gasteiger partial charge in [0, 0.05) is 0 Å². The zero-order chi connectivity index (χ0) is 19.7. The van der Waals surface area contributed by atoms with Crippen LogP contribution in [0.1, 0.15) is 0 Å². The van der Waals surface area contributed by atoms with Gasteiger partial charge in [-0.1, -0.05) is 0 Å². The van der Waals surface area contributed by atoms with Gasteiger partial charge in [0.2, 0.25) is 5.76 Å². The number of esters is 1. The Balaban J connectivity index is 0.000000462. The molecule has 0 bridgehead atoms. The third kappa shape index (κ3) is 7.96. The van der Waals surface area contributed by atoms with Crippen molar-refractivity contribution in [3.8, 4) is 0 Å². The summed E-state index contributed by atoms with van der Waals surface area (Å²) in [4.78, 5) is 41.8. The summed E-state index contributed by atoms with van der Waals surface area (Å²) in [5, 5.41) is 59.9. The molecular formula is C12H17NO12. The van der Waals surface area contributed by atoms with Crippen molar-refractivity contribution in [3.05, 3.63) is 11.5 Å². The van der Waals surface area contributed by atoms with Gasteiger partial charge in [0.25, 0.3) is 0 Å². The molecule has 0 aromatic heterocycles. The van der Waals surface area contributed by atoms with Crippen molar-refractivity contribution >= 4 is 23.9 Å². The predicted octanol–water partition coefficient (Wildman–Crippen LogP) is -2.87. The monoisotopic (exact) mass is 367 g/mol. The topological polar surface area (TPSA) is 222 Å². The standard InChI is InChI=1S/C6H9NO6.C6H8O6/c8-4(9)1-7(2-5(10)11)3-6(12)13;7-1-2(8)5-3(9)4(10)6(11)12-5/h1-3H2,(H,8,9)(H,10,11)(H,12,13);2,5,7-10H,1H2/t;2?,5-/m.1/s1. The highest BCUT2D eigenvalue weighted by molar-refractivity contribution is 5.89. The number of nitrogens with zero attached hydrogens (tertiary/aromatic N) is 1. The number of carboxylic acids is 3. The zero-order valence-corrected chi connectivity index (χ0v) is 12.6. The lowest BCUT2D eigenvalue weighted by atomic mass is 10.2. The molecule has 2 atom stereocenters. The summed E-state index contributed by atoms with van der Waals surface area (Å²) in [7, 11) is 0. The summed E-state index contributed by atoms with van der Waals surface area (Å²) < 4.78 is 4.32. The average Bonchev–Trinajstić information content (AvgIpc) is 2.72. The second-order valence-electron chi connectivity index (χ2n) is 4.64. The van der Waals surface area contributed by atoms with Crippen LogP contribution in [0.15, 0.2) is 11.5 Å². The molecule has 1 heterocycles. The maximum atomic E-state index is 10.5. The van der Waals surface area contributed by atoms with Crippen LogP contribution in [0, 0.1) is 0 Å². The molecule has 1 aliphatic rings. The Morgan fingerprint density at radius 2 is 1.40 bits per heavy atom. The molecule has 0 aliphatic carbocycles. The highest BCUT2D eigenvalue weighted by Crippen LogP contribution is 2.20. The van der Waals surface area contributed by atoms with Crippen molar-refractivity contribution < 1.29 is 59.7 Å². The first kappa shape index (κ1) is 22.1. The molecule has 0 spiro atoms. The Morgan fingerprint density at radius 3 is 1.64 bits per heavy atom. The van der Waals surface area contributed by atoms with Gasteiger partial charge in [-0.2, -0.15) is 0 Å². The molecule has 0 aromatic carbocycles. The van der Waals surface area contributed by atoms with Crippen molar-refractivity contribution in [2.75, 3.05) is 26.2 Å². The van der Waals surface area contributed by atoms with Crippen LogP contribution < -0.4 is 0 Å². The second-order valence-corrected chi connectivity index (χ2v) is 4.64. The quantitative estimate of drug-likeness (QED) is 0.215. The third-order valence-electron chi connectivity index (χ3n) is 2.55. The van der Waals surface area contributed by atoms with E-state index in [0.29, 0.717) is 0 Å². The summed E-state index contributed by atoms with van der Waals surface area (Å²) in [6.45, 7) is -2.47. The summed E-state index contributed by atoms with van der Waals surface area (Å²) in [6, 6.07) is 0. The van der Waals surface area contributed by atoms with Crippen LogP contribution >= 0.6 is 0 Å². The van der Waals surface area contributed by atoms with Crippen LogP contribution in [0.2, 0.25) is 0 Å². The van der Waals surface area contributed by atoms with Crippen LogP contribution in [0.25, 0.3) is 0 Å². The number of cyclic esters (lactones) is 1. The summed E-state index contributed by atoms with van der Waals surface area (Å²) in [6.07, 6.45) is -2.78. The van der Waals surface area contributed by atoms with Crippen LogP contribution in [0.4, 0.5) is 0 Å². The molecule has 13 heteroatoms. The minimum atomic E-state index is -1.42. The van der Waals surface area contributed by atoms with E-state index in [0.717, 1.165) is 4.90 Å². The molecule has 0 aromatic rings. The molecule has 0 saturated heterocycles. The molecule has 0 fully saturated rings. The van der Waals surface area contributed by atoms with Gasteiger partial charge >= 0.3 is 23.9 Å². The lowest BCUT2D eigenvalue weighted by Gasteiger charge is -2.14. The third-order valence-corrected chi connectivity index (χ3v) is 2.55. The fourth-order valence-corrected chi connectivity index (χ4v) is 1.56. The highest BCUT2D eigenvalue weighted by atomic mass is 16.6. The van der Waals surface area contributed by atoms with E-state index in [1.807, 2.05) is 0 Å². The minimum absolute atomic E-state index is 0.599. The van der Waals surface area contributed by atoms with E-state index < -0.39 is 73.8 Å². The van der Waals surface area contributed by atoms with Crippen molar-refractivity contribution in [1.82, 2.24) is 4.90 Å². The molecule has 0 radical (unpaired) electrons. The van der Waals surface area contributed by atoms with E-state index in [2.05, 4.69) is 4.74 Å². The maximum Gasteiger partial charge on any atom is 0.377 e. The molecule has 1 unspecified atom stereocenters.